The van der Waals surface area contributed by atoms with Crippen molar-refractivity contribution in [2.45, 2.75) is 11.8 Å². The van der Waals surface area contributed by atoms with E-state index in [9.17, 15) is 5.26 Å². The van der Waals surface area contributed by atoms with Crippen LogP contribution < -0.4 is 0 Å². The first kappa shape index (κ1) is 13.1. The van der Waals surface area contributed by atoms with E-state index >= 15 is 0 Å². The highest BCUT2D eigenvalue weighted by molar-refractivity contribution is 5.47. The molecule has 0 atom stereocenters. The highest BCUT2D eigenvalue weighted by atomic mass is 14.9. The maximum absolute atomic E-state index is 10.00. The van der Waals surface area contributed by atoms with E-state index in [1.54, 1.807) is 12.5 Å². The van der Waals surface area contributed by atoms with Crippen LogP contribution >= 0.6 is 0 Å². The van der Waals surface area contributed by atoms with Crippen molar-refractivity contribution in [2.75, 3.05) is 0 Å². The summed E-state index contributed by atoms with van der Waals surface area (Å²) in [7, 11) is 0. The van der Waals surface area contributed by atoms with Crippen LogP contribution in [-0.4, -0.2) is 9.97 Å². The van der Waals surface area contributed by atoms with Gasteiger partial charge in [0, 0.05) is 18.3 Å². The number of rotatable bonds is 4. The fourth-order valence-electron chi connectivity index (χ4n) is 2.65. The van der Waals surface area contributed by atoms with E-state index < -0.39 is 5.41 Å². The lowest BCUT2D eigenvalue weighted by Gasteiger charge is -2.27. The number of nitrogens with zero attached hydrogens (tertiary/aromatic N) is 2. The first-order valence-corrected chi connectivity index (χ1v) is 6.85. The SMILES string of the molecule is N#CC(Cc1cnc[nH]1)(c1ccccc1)c1ccccc1. The molecule has 21 heavy (non-hydrogen) atoms. The zero-order valence-corrected chi connectivity index (χ0v) is 11.5. The highest BCUT2D eigenvalue weighted by Gasteiger charge is 2.35. The van der Waals surface area contributed by atoms with Gasteiger partial charge in [0.25, 0.3) is 0 Å². The van der Waals surface area contributed by atoms with E-state index in [-0.39, 0.29) is 0 Å². The average molecular weight is 273 g/mol. The molecule has 0 aliphatic rings. The summed E-state index contributed by atoms with van der Waals surface area (Å²) in [5.41, 5.74) is 2.22. The van der Waals surface area contributed by atoms with Gasteiger partial charge in [0.2, 0.25) is 0 Å². The number of hydrogen-bond acceptors (Lipinski definition) is 2. The molecule has 0 unspecified atom stereocenters. The third-order valence-corrected chi connectivity index (χ3v) is 3.73. The molecule has 0 aliphatic heterocycles. The number of nitrogens with one attached hydrogen (secondary N) is 1. The molecular weight excluding hydrogens is 258 g/mol. The van der Waals surface area contributed by atoms with Crippen molar-refractivity contribution >= 4 is 0 Å². The predicted molar refractivity (Wildman–Crippen MR) is 81.6 cm³/mol. The normalized spacial score (nSPS) is 11.0. The van der Waals surface area contributed by atoms with Crippen LogP contribution in [0.15, 0.2) is 73.2 Å². The lowest BCUT2D eigenvalue weighted by Crippen LogP contribution is -2.28. The quantitative estimate of drug-likeness (QED) is 0.791. The van der Waals surface area contributed by atoms with E-state index in [2.05, 4.69) is 16.0 Å². The Morgan fingerprint density at radius 1 is 0.952 bits per heavy atom. The van der Waals surface area contributed by atoms with Gasteiger partial charge in [0.1, 0.15) is 5.41 Å². The van der Waals surface area contributed by atoms with E-state index in [1.165, 1.54) is 0 Å². The fourth-order valence-corrected chi connectivity index (χ4v) is 2.65. The standard InChI is InChI=1S/C18H15N3/c19-13-18(11-17-12-20-14-21-17,15-7-3-1-4-8-15)16-9-5-2-6-10-16/h1-10,12,14H,11H2,(H,20,21). The smallest absolute Gasteiger partial charge is 0.113 e. The topological polar surface area (TPSA) is 52.5 Å². The zero-order chi connectivity index (χ0) is 14.5. The first-order chi connectivity index (χ1) is 10.3. The molecule has 0 spiro atoms. The lowest BCUT2D eigenvalue weighted by molar-refractivity contribution is 0.643. The van der Waals surface area contributed by atoms with Gasteiger partial charge in [0.15, 0.2) is 0 Å². The minimum atomic E-state index is -0.713. The van der Waals surface area contributed by atoms with Crippen molar-refractivity contribution < 1.29 is 0 Å². The van der Waals surface area contributed by atoms with Crippen LogP contribution in [0.3, 0.4) is 0 Å². The molecule has 0 saturated heterocycles. The molecule has 1 aromatic heterocycles. The average Bonchev–Trinajstić information content (AvgIpc) is 3.07. The third-order valence-electron chi connectivity index (χ3n) is 3.73. The molecule has 0 bridgehead atoms. The van der Waals surface area contributed by atoms with Crippen LogP contribution in [0.25, 0.3) is 0 Å². The molecule has 0 amide bonds. The van der Waals surface area contributed by atoms with Gasteiger partial charge in [-0.15, -0.1) is 0 Å². The second kappa shape index (κ2) is 5.64. The van der Waals surface area contributed by atoms with Crippen molar-refractivity contribution in [3.8, 4) is 6.07 Å². The first-order valence-electron chi connectivity index (χ1n) is 6.85. The van der Waals surface area contributed by atoms with E-state index in [4.69, 9.17) is 0 Å². The molecule has 3 aromatic rings. The molecule has 1 heterocycles. The molecule has 2 aromatic carbocycles. The Hall–Kier alpha value is -2.86. The minimum Gasteiger partial charge on any atom is -0.348 e. The Labute approximate surface area is 123 Å². The maximum Gasteiger partial charge on any atom is 0.113 e. The van der Waals surface area contributed by atoms with Gasteiger partial charge >= 0.3 is 0 Å². The molecular formula is C18H15N3. The van der Waals surface area contributed by atoms with Crippen molar-refractivity contribution in [3.05, 3.63) is 90.0 Å². The summed E-state index contributed by atoms with van der Waals surface area (Å²) in [5.74, 6) is 0. The summed E-state index contributed by atoms with van der Waals surface area (Å²) in [6, 6.07) is 22.4. The van der Waals surface area contributed by atoms with Gasteiger partial charge < -0.3 is 4.98 Å². The Bertz CT molecular complexity index is 686. The number of aromatic amines is 1. The van der Waals surface area contributed by atoms with Crippen molar-refractivity contribution in [1.29, 1.82) is 5.26 Å². The van der Waals surface area contributed by atoms with E-state index in [0.717, 1.165) is 16.8 Å². The van der Waals surface area contributed by atoms with Crippen LogP contribution in [0.1, 0.15) is 16.8 Å². The molecule has 0 fully saturated rings. The molecule has 0 radical (unpaired) electrons. The van der Waals surface area contributed by atoms with Crippen molar-refractivity contribution in [1.82, 2.24) is 9.97 Å². The van der Waals surface area contributed by atoms with Gasteiger partial charge in [0.05, 0.1) is 12.4 Å². The summed E-state index contributed by atoms with van der Waals surface area (Å²) >= 11 is 0. The fraction of sp³-hybridized carbons (Fsp3) is 0.111. The number of benzene rings is 2. The van der Waals surface area contributed by atoms with Crippen LogP contribution in [0.4, 0.5) is 0 Å². The second-order valence-corrected chi connectivity index (χ2v) is 5.00. The van der Waals surface area contributed by atoms with Crippen molar-refractivity contribution in [3.63, 3.8) is 0 Å². The monoisotopic (exact) mass is 273 g/mol. The summed E-state index contributed by atoms with van der Waals surface area (Å²) in [5, 5.41) is 10.00. The van der Waals surface area contributed by atoms with Gasteiger partial charge in [-0.05, 0) is 11.1 Å². The molecule has 0 saturated carbocycles. The van der Waals surface area contributed by atoms with Crippen LogP contribution in [0.5, 0.6) is 0 Å². The summed E-state index contributed by atoms with van der Waals surface area (Å²) in [4.78, 5) is 7.17. The van der Waals surface area contributed by atoms with Gasteiger partial charge in [-0.3, -0.25) is 0 Å². The molecule has 0 aliphatic carbocycles. The summed E-state index contributed by atoms with van der Waals surface area (Å²) < 4.78 is 0. The Morgan fingerprint density at radius 3 is 1.95 bits per heavy atom. The minimum absolute atomic E-state index is 0.567. The number of hydrogen-bond donors (Lipinski definition) is 1. The summed E-state index contributed by atoms with van der Waals surface area (Å²) in [6.45, 7) is 0. The zero-order valence-electron chi connectivity index (χ0n) is 11.5. The number of H-pyrrole nitrogens is 1. The molecule has 1 N–H and O–H groups in total. The Morgan fingerprint density at radius 2 is 1.52 bits per heavy atom. The van der Waals surface area contributed by atoms with E-state index in [1.807, 2.05) is 60.7 Å². The maximum atomic E-state index is 10.00. The van der Waals surface area contributed by atoms with Crippen LogP contribution in [0, 0.1) is 11.3 Å². The van der Waals surface area contributed by atoms with Gasteiger partial charge in [-0.25, -0.2) is 4.98 Å². The van der Waals surface area contributed by atoms with Gasteiger partial charge in [-0.2, -0.15) is 5.26 Å². The molecule has 3 nitrogen and oxygen atoms in total. The lowest BCUT2D eigenvalue weighted by atomic mass is 9.72. The Balaban J connectivity index is 2.16. The van der Waals surface area contributed by atoms with Crippen LogP contribution in [-0.2, 0) is 11.8 Å². The van der Waals surface area contributed by atoms with Crippen molar-refractivity contribution in [2.24, 2.45) is 0 Å². The van der Waals surface area contributed by atoms with Crippen LogP contribution in [0.2, 0.25) is 0 Å². The largest absolute Gasteiger partial charge is 0.348 e. The summed E-state index contributed by atoms with van der Waals surface area (Å²) in [6.07, 6.45) is 3.99. The Kier molecular flexibility index (Phi) is 3.53. The van der Waals surface area contributed by atoms with Gasteiger partial charge in [-0.1, -0.05) is 60.7 Å². The number of imidazole rings is 1. The third kappa shape index (κ3) is 2.44. The number of aromatic nitrogens is 2. The molecule has 3 heteroatoms. The second-order valence-electron chi connectivity index (χ2n) is 5.00. The molecule has 102 valence electrons. The van der Waals surface area contributed by atoms with E-state index in [0.29, 0.717) is 6.42 Å². The predicted octanol–water partition coefficient (Wildman–Crippen LogP) is 3.46. The molecule has 3 rings (SSSR count). The number of nitriles is 1. The highest BCUT2D eigenvalue weighted by Crippen LogP contribution is 2.34.